The average Bonchev–Trinajstić information content (AvgIpc) is 2.16. The molecule has 1 heterocycles. The first kappa shape index (κ1) is 12.5. The van der Waals surface area contributed by atoms with Crippen LogP contribution < -0.4 is 11.1 Å². The van der Waals surface area contributed by atoms with Gasteiger partial charge in [-0.25, -0.2) is 0 Å². The first-order valence-electron chi connectivity index (χ1n) is 5.44. The second-order valence-corrected chi connectivity index (χ2v) is 4.75. The number of nitrogens with zero attached hydrogens (tertiary/aromatic N) is 2. The van der Waals surface area contributed by atoms with Gasteiger partial charge in [-0.1, -0.05) is 6.07 Å². The maximum atomic E-state index is 5.75. The molecule has 1 aromatic rings. The van der Waals surface area contributed by atoms with Crippen LogP contribution in [0.15, 0.2) is 29.5 Å². The van der Waals surface area contributed by atoms with E-state index in [1.54, 1.807) is 6.20 Å². The fourth-order valence-electron chi connectivity index (χ4n) is 1.28. The van der Waals surface area contributed by atoms with Gasteiger partial charge in [0.1, 0.15) is 0 Å². The second-order valence-electron chi connectivity index (χ2n) is 4.75. The van der Waals surface area contributed by atoms with E-state index >= 15 is 0 Å². The maximum absolute atomic E-state index is 5.75. The van der Waals surface area contributed by atoms with Gasteiger partial charge in [-0.05, 0) is 38.8 Å². The third-order valence-corrected chi connectivity index (χ3v) is 1.91. The van der Waals surface area contributed by atoms with Crippen molar-refractivity contribution in [2.75, 3.05) is 6.54 Å². The zero-order valence-corrected chi connectivity index (χ0v) is 10.2. The van der Waals surface area contributed by atoms with Crippen LogP contribution in [0.4, 0.5) is 0 Å². The molecule has 1 rings (SSSR count). The van der Waals surface area contributed by atoms with Crippen LogP contribution in [0.2, 0.25) is 0 Å². The number of aliphatic imine (C=N–C) groups is 1. The van der Waals surface area contributed by atoms with Crippen LogP contribution in [-0.4, -0.2) is 23.0 Å². The van der Waals surface area contributed by atoms with Gasteiger partial charge in [0, 0.05) is 24.5 Å². The highest BCUT2D eigenvalue weighted by molar-refractivity contribution is 5.78. The first-order chi connectivity index (χ1) is 7.47. The highest BCUT2D eigenvalue weighted by Gasteiger charge is 2.09. The Labute approximate surface area is 97.0 Å². The molecule has 0 unspecified atom stereocenters. The zero-order chi connectivity index (χ0) is 12.0. The van der Waals surface area contributed by atoms with E-state index in [4.69, 9.17) is 5.73 Å². The van der Waals surface area contributed by atoms with Crippen molar-refractivity contribution in [3.05, 3.63) is 30.1 Å². The van der Waals surface area contributed by atoms with Crippen molar-refractivity contribution in [1.29, 1.82) is 0 Å². The molecule has 0 aliphatic rings. The standard InChI is InChI=1S/C12H20N4/c1-12(2,3)16-11(13)15-8-6-10-5-4-7-14-9-10/h4-5,7,9H,6,8H2,1-3H3,(H3,13,15,16). The van der Waals surface area contributed by atoms with Crippen LogP contribution in [0.3, 0.4) is 0 Å². The van der Waals surface area contributed by atoms with Gasteiger partial charge in [-0.15, -0.1) is 0 Å². The van der Waals surface area contributed by atoms with Crippen LogP contribution in [0.5, 0.6) is 0 Å². The number of nitrogens with two attached hydrogens (primary N) is 1. The average molecular weight is 220 g/mol. The van der Waals surface area contributed by atoms with E-state index in [-0.39, 0.29) is 5.54 Å². The Kier molecular flexibility index (Phi) is 4.28. The number of aromatic nitrogens is 1. The molecule has 0 bridgehead atoms. The summed E-state index contributed by atoms with van der Waals surface area (Å²) < 4.78 is 0. The maximum Gasteiger partial charge on any atom is 0.188 e. The Balaban J connectivity index is 2.37. The highest BCUT2D eigenvalue weighted by atomic mass is 15.1. The van der Waals surface area contributed by atoms with Crippen LogP contribution in [-0.2, 0) is 6.42 Å². The van der Waals surface area contributed by atoms with E-state index in [2.05, 4.69) is 36.1 Å². The second kappa shape index (κ2) is 5.49. The van der Waals surface area contributed by atoms with Gasteiger partial charge in [0.15, 0.2) is 5.96 Å². The Morgan fingerprint density at radius 2 is 2.25 bits per heavy atom. The largest absolute Gasteiger partial charge is 0.370 e. The number of hydrogen-bond acceptors (Lipinski definition) is 2. The van der Waals surface area contributed by atoms with Gasteiger partial charge in [-0.2, -0.15) is 0 Å². The molecule has 0 radical (unpaired) electrons. The molecule has 0 amide bonds. The van der Waals surface area contributed by atoms with Crippen molar-refractivity contribution < 1.29 is 0 Å². The number of guanidine groups is 1. The quantitative estimate of drug-likeness (QED) is 0.596. The molecule has 0 fully saturated rings. The smallest absolute Gasteiger partial charge is 0.188 e. The summed E-state index contributed by atoms with van der Waals surface area (Å²) in [4.78, 5) is 8.31. The minimum Gasteiger partial charge on any atom is -0.370 e. The van der Waals surface area contributed by atoms with E-state index in [1.165, 1.54) is 5.56 Å². The lowest BCUT2D eigenvalue weighted by Gasteiger charge is -2.20. The third-order valence-electron chi connectivity index (χ3n) is 1.91. The lowest BCUT2D eigenvalue weighted by molar-refractivity contribution is 0.508. The fraction of sp³-hybridized carbons (Fsp3) is 0.500. The van der Waals surface area contributed by atoms with Gasteiger partial charge in [-0.3, -0.25) is 9.98 Å². The molecule has 1 aromatic heterocycles. The molecule has 4 heteroatoms. The lowest BCUT2D eigenvalue weighted by Crippen LogP contribution is -2.45. The molecule has 0 saturated heterocycles. The molecule has 88 valence electrons. The topological polar surface area (TPSA) is 63.3 Å². The molecule has 0 aromatic carbocycles. The molecule has 0 saturated carbocycles. The summed E-state index contributed by atoms with van der Waals surface area (Å²) >= 11 is 0. The molecular weight excluding hydrogens is 200 g/mol. The van der Waals surface area contributed by atoms with Gasteiger partial charge in [0.05, 0.1) is 0 Å². The van der Waals surface area contributed by atoms with Crippen LogP contribution in [0.1, 0.15) is 26.3 Å². The summed E-state index contributed by atoms with van der Waals surface area (Å²) in [5.74, 6) is 0.497. The molecule has 0 spiro atoms. The van der Waals surface area contributed by atoms with E-state index in [0.717, 1.165) is 6.42 Å². The van der Waals surface area contributed by atoms with Crippen molar-refractivity contribution in [3.8, 4) is 0 Å². The van der Waals surface area contributed by atoms with Gasteiger partial charge in [0.25, 0.3) is 0 Å². The minimum atomic E-state index is -0.0398. The Morgan fingerprint density at radius 1 is 1.50 bits per heavy atom. The van der Waals surface area contributed by atoms with Gasteiger partial charge < -0.3 is 11.1 Å². The van der Waals surface area contributed by atoms with Crippen LogP contribution >= 0.6 is 0 Å². The number of rotatable bonds is 3. The number of pyridine rings is 1. The molecule has 4 nitrogen and oxygen atoms in total. The van der Waals surface area contributed by atoms with Crippen molar-refractivity contribution in [2.45, 2.75) is 32.7 Å². The molecule has 0 atom stereocenters. The van der Waals surface area contributed by atoms with E-state index in [9.17, 15) is 0 Å². The van der Waals surface area contributed by atoms with Crippen molar-refractivity contribution in [2.24, 2.45) is 10.7 Å². The van der Waals surface area contributed by atoms with Crippen molar-refractivity contribution >= 4 is 5.96 Å². The molecule has 0 aliphatic carbocycles. The van der Waals surface area contributed by atoms with Crippen LogP contribution in [0, 0.1) is 0 Å². The first-order valence-corrected chi connectivity index (χ1v) is 5.44. The molecule has 3 N–H and O–H groups in total. The lowest BCUT2D eigenvalue weighted by atomic mass is 10.1. The monoisotopic (exact) mass is 220 g/mol. The Bertz CT molecular complexity index is 338. The summed E-state index contributed by atoms with van der Waals surface area (Å²) in [5.41, 5.74) is 6.88. The molecular formula is C12H20N4. The predicted octanol–water partition coefficient (Wildman–Crippen LogP) is 1.33. The van der Waals surface area contributed by atoms with E-state index in [0.29, 0.717) is 12.5 Å². The summed E-state index contributed by atoms with van der Waals surface area (Å²) in [5, 5.41) is 3.12. The summed E-state index contributed by atoms with van der Waals surface area (Å²) in [7, 11) is 0. The predicted molar refractivity (Wildman–Crippen MR) is 67.3 cm³/mol. The zero-order valence-electron chi connectivity index (χ0n) is 10.2. The minimum absolute atomic E-state index is 0.0398. The molecule has 0 aliphatic heterocycles. The van der Waals surface area contributed by atoms with Gasteiger partial charge >= 0.3 is 0 Å². The number of hydrogen-bond donors (Lipinski definition) is 2. The Hall–Kier alpha value is -1.58. The van der Waals surface area contributed by atoms with Crippen molar-refractivity contribution in [3.63, 3.8) is 0 Å². The normalized spacial score (nSPS) is 12.6. The fourth-order valence-corrected chi connectivity index (χ4v) is 1.28. The summed E-state index contributed by atoms with van der Waals surface area (Å²) in [6, 6.07) is 3.96. The Morgan fingerprint density at radius 3 is 2.81 bits per heavy atom. The van der Waals surface area contributed by atoms with Crippen LogP contribution in [0.25, 0.3) is 0 Å². The van der Waals surface area contributed by atoms with Gasteiger partial charge in [0.2, 0.25) is 0 Å². The van der Waals surface area contributed by atoms with Crippen molar-refractivity contribution in [1.82, 2.24) is 10.3 Å². The van der Waals surface area contributed by atoms with E-state index in [1.807, 2.05) is 18.3 Å². The third kappa shape index (κ3) is 5.34. The summed E-state index contributed by atoms with van der Waals surface area (Å²) in [6.07, 6.45) is 4.48. The number of nitrogens with one attached hydrogen (secondary N) is 1. The summed E-state index contributed by atoms with van der Waals surface area (Å²) in [6.45, 7) is 6.84. The highest BCUT2D eigenvalue weighted by Crippen LogP contribution is 1.98. The molecule has 16 heavy (non-hydrogen) atoms. The SMILES string of the molecule is CC(C)(C)NC(N)=NCCc1cccnc1. The van der Waals surface area contributed by atoms with E-state index < -0.39 is 0 Å².